The van der Waals surface area contributed by atoms with Crippen molar-refractivity contribution in [1.29, 1.82) is 0 Å². The number of aromatic nitrogens is 3. The van der Waals surface area contributed by atoms with Crippen LogP contribution in [0.2, 0.25) is 0 Å². The number of carbonyl (C=O) groups excluding carboxylic acids is 1. The molecule has 2 N–H and O–H groups in total. The van der Waals surface area contributed by atoms with Crippen LogP contribution in [-0.2, 0) is 11.3 Å². The highest BCUT2D eigenvalue weighted by Gasteiger charge is 2.17. The van der Waals surface area contributed by atoms with Gasteiger partial charge in [-0.3, -0.25) is 9.78 Å². The van der Waals surface area contributed by atoms with E-state index in [1.54, 1.807) is 18.5 Å². The van der Waals surface area contributed by atoms with Gasteiger partial charge in [0.1, 0.15) is 11.5 Å². The maximum Gasteiger partial charge on any atom is 0.270 e. The van der Waals surface area contributed by atoms with Gasteiger partial charge in [-0.25, -0.2) is 9.97 Å². The number of hydrogen-bond acceptors (Lipinski definition) is 6. The fraction of sp³-hybridized carbons (Fsp3) is 0.273. The van der Waals surface area contributed by atoms with E-state index in [0.29, 0.717) is 30.4 Å². The second-order valence-corrected chi connectivity index (χ2v) is 6.89. The molecule has 1 unspecified atom stereocenters. The molecule has 148 valence electrons. The number of rotatable bonds is 7. The van der Waals surface area contributed by atoms with E-state index < -0.39 is 0 Å². The van der Waals surface area contributed by atoms with Crippen molar-refractivity contribution in [2.45, 2.75) is 25.5 Å². The van der Waals surface area contributed by atoms with Crippen molar-refractivity contribution >= 4 is 11.7 Å². The molecule has 0 spiro atoms. The second kappa shape index (κ2) is 9.25. The Morgan fingerprint density at radius 2 is 2.03 bits per heavy atom. The predicted molar refractivity (Wildman–Crippen MR) is 110 cm³/mol. The summed E-state index contributed by atoms with van der Waals surface area (Å²) < 4.78 is 5.66. The van der Waals surface area contributed by atoms with Gasteiger partial charge in [-0.05, 0) is 24.5 Å². The minimum Gasteiger partial charge on any atom is -0.376 e. The summed E-state index contributed by atoms with van der Waals surface area (Å²) in [5.74, 6) is 0.865. The van der Waals surface area contributed by atoms with E-state index in [-0.39, 0.29) is 12.0 Å². The van der Waals surface area contributed by atoms with Gasteiger partial charge in [0.15, 0.2) is 5.82 Å². The fourth-order valence-corrected chi connectivity index (χ4v) is 3.17. The molecule has 1 atom stereocenters. The number of pyridine rings is 1. The lowest BCUT2D eigenvalue weighted by molar-refractivity contribution is 0.0946. The van der Waals surface area contributed by atoms with Crippen molar-refractivity contribution in [3.63, 3.8) is 0 Å². The number of ether oxygens (including phenoxy) is 1. The molecule has 1 aliphatic heterocycles. The molecule has 3 heterocycles. The van der Waals surface area contributed by atoms with E-state index in [4.69, 9.17) is 4.74 Å². The summed E-state index contributed by atoms with van der Waals surface area (Å²) in [6.07, 6.45) is 5.71. The van der Waals surface area contributed by atoms with E-state index in [1.165, 1.54) is 0 Å². The van der Waals surface area contributed by atoms with Gasteiger partial charge in [0.05, 0.1) is 6.10 Å². The summed E-state index contributed by atoms with van der Waals surface area (Å²) in [6.45, 7) is 1.84. The molecule has 1 amide bonds. The summed E-state index contributed by atoms with van der Waals surface area (Å²) in [6, 6.07) is 15.1. The van der Waals surface area contributed by atoms with Crippen LogP contribution in [0.4, 0.5) is 5.82 Å². The van der Waals surface area contributed by atoms with Gasteiger partial charge in [-0.15, -0.1) is 0 Å². The lowest BCUT2D eigenvalue weighted by Gasteiger charge is -2.13. The normalized spacial score (nSPS) is 15.8. The third-order valence-electron chi connectivity index (χ3n) is 4.70. The first-order valence-electron chi connectivity index (χ1n) is 9.75. The minimum absolute atomic E-state index is 0.174. The summed E-state index contributed by atoms with van der Waals surface area (Å²) in [5.41, 5.74) is 2.10. The lowest BCUT2D eigenvalue weighted by atomic mass is 10.2. The van der Waals surface area contributed by atoms with Crippen LogP contribution in [0.1, 0.15) is 28.9 Å². The predicted octanol–water partition coefficient (Wildman–Crippen LogP) is 3.06. The molecule has 7 heteroatoms. The Hall–Kier alpha value is -3.32. The van der Waals surface area contributed by atoms with Crippen LogP contribution in [-0.4, -0.2) is 40.1 Å². The number of hydrogen-bond donors (Lipinski definition) is 2. The molecule has 1 aromatic carbocycles. The quantitative estimate of drug-likeness (QED) is 0.646. The SMILES string of the molecule is O=C(NCc1cccnc1)c1cc(NCC2CCCO2)nc(-c2ccccc2)n1. The molecule has 0 aliphatic carbocycles. The van der Waals surface area contributed by atoms with Gasteiger partial charge in [-0.1, -0.05) is 36.4 Å². The van der Waals surface area contributed by atoms with E-state index in [9.17, 15) is 4.79 Å². The Morgan fingerprint density at radius 1 is 1.14 bits per heavy atom. The van der Waals surface area contributed by atoms with Gasteiger partial charge < -0.3 is 15.4 Å². The Bertz CT molecular complexity index is 944. The van der Waals surface area contributed by atoms with Gasteiger partial charge in [-0.2, -0.15) is 0 Å². The number of nitrogens with zero attached hydrogens (tertiary/aromatic N) is 3. The Labute approximate surface area is 169 Å². The van der Waals surface area contributed by atoms with E-state index >= 15 is 0 Å². The van der Waals surface area contributed by atoms with E-state index in [2.05, 4.69) is 25.6 Å². The number of carbonyl (C=O) groups is 1. The Kier molecular flexibility index (Phi) is 6.07. The van der Waals surface area contributed by atoms with Crippen molar-refractivity contribution in [3.05, 3.63) is 72.2 Å². The molecule has 0 bridgehead atoms. The molecule has 7 nitrogen and oxygen atoms in total. The van der Waals surface area contributed by atoms with Crippen molar-refractivity contribution < 1.29 is 9.53 Å². The Balaban J connectivity index is 1.54. The molecule has 4 rings (SSSR count). The van der Waals surface area contributed by atoms with E-state index in [1.807, 2.05) is 42.5 Å². The first kappa shape index (κ1) is 19.0. The first-order valence-corrected chi connectivity index (χ1v) is 9.75. The van der Waals surface area contributed by atoms with Crippen molar-refractivity contribution in [1.82, 2.24) is 20.3 Å². The maximum absolute atomic E-state index is 12.7. The van der Waals surface area contributed by atoms with Crippen molar-refractivity contribution in [2.24, 2.45) is 0 Å². The fourth-order valence-electron chi connectivity index (χ4n) is 3.17. The molecule has 3 aromatic rings. The maximum atomic E-state index is 12.7. The highest BCUT2D eigenvalue weighted by atomic mass is 16.5. The number of amides is 1. The third kappa shape index (κ3) is 5.14. The topological polar surface area (TPSA) is 89.0 Å². The van der Waals surface area contributed by atoms with Crippen LogP contribution >= 0.6 is 0 Å². The highest BCUT2D eigenvalue weighted by molar-refractivity contribution is 5.93. The zero-order valence-corrected chi connectivity index (χ0v) is 16.0. The van der Waals surface area contributed by atoms with Crippen LogP contribution in [0, 0.1) is 0 Å². The van der Waals surface area contributed by atoms with E-state index in [0.717, 1.165) is 30.6 Å². The molecule has 29 heavy (non-hydrogen) atoms. The summed E-state index contributed by atoms with van der Waals surface area (Å²) >= 11 is 0. The minimum atomic E-state index is -0.256. The Morgan fingerprint density at radius 3 is 2.79 bits per heavy atom. The largest absolute Gasteiger partial charge is 0.376 e. The molecular weight excluding hydrogens is 366 g/mol. The zero-order valence-electron chi connectivity index (χ0n) is 16.0. The summed E-state index contributed by atoms with van der Waals surface area (Å²) in [4.78, 5) is 25.9. The van der Waals surface area contributed by atoms with Crippen LogP contribution in [0.5, 0.6) is 0 Å². The summed E-state index contributed by atoms with van der Waals surface area (Å²) in [5, 5.41) is 6.20. The van der Waals surface area contributed by atoms with Crippen LogP contribution < -0.4 is 10.6 Å². The monoisotopic (exact) mass is 389 g/mol. The van der Waals surface area contributed by atoms with Gasteiger partial charge in [0.2, 0.25) is 0 Å². The zero-order chi connectivity index (χ0) is 19.9. The van der Waals surface area contributed by atoms with Crippen molar-refractivity contribution in [3.8, 4) is 11.4 Å². The van der Waals surface area contributed by atoms with Gasteiger partial charge >= 0.3 is 0 Å². The molecular formula is C22H23N5O2. The van der Waals surface area contributed by atoms with Crippen molar-refractivity contribution in [2.75, 3.05) is 18.5 Å². The average Bonchev–Trinajstić information content (AvgIpc) is 3.31. The van der Waals surface area contributed by atoms with Crippen LogP contribution in [0.25, 0.3) is 11.4 Å². The molecule has 0 radical (unpaired) electrons. The second-order valence-electron chi connectivity index (χ2n) is 6.89. The van der Waals surface area contributed by atoms with Crippen LogP contribution in [0.15, 0.2) is 60.9 Å². The number of benzene rings is 1. The average molecular weight is 389 g/mol. The third-order valence-corrected chi connectivity index (χ3v) is 4.70. The molecule has 2 aromatic heterocycles. The smallest absolute Gasteiger partial charge is 0.270 e. The van der Waals surface area contributed by atoms with Gasteiger partial charge in [0, 0.05) is 43.7 Å². The first-order chi connectivity index (χ1) is 14.3. The summed E-state index contributed by atoms with van der Waals surface area (Å²) in [7, 11) is 0. The molecule has 1 aliphatic rings. The molecule has 1 saturated heterocycles. The molecule has 0 saturated carbocycles. The van der Waals surface area contributed by atoms with Crippen LogP contribution in [0.3, 0.4) is 0 Å². The molecule has 1 fully saturated rings. The number of anilines is 1. The number of nitrogens with one attached hydrogen (secondary N) is 2. The standard InChI is InChI=1S/C22H23N5O2/c28-22(25-14-16-6-4-10-23-13-16)19-12-20(24-15-18-9-5-11-29-18)27-21(26-19)17-7-2-1-3-8-17/h1-4,6-8,10,12-13,18H,5,9,11,14-15H2,(H,25,28)(H,24,26,27). The lowest BCUT2D eigenvalue weighted by Crippen LogP contribution is -2.25. The van der Waals surface area contributed by atoms with Gasteiger partial charge in [0.25, 0.3) is 5.91 Å². The highest BCUT2D eigenvalue weighted by Crippen LogP contribution is 2.19.